The lowest BCUT2D eigenvalue weighted by molar-refractivity contribution is -0.138. The lowest BCUT2D eigenvalue weighted by Crippen LogP contribution is -2.40. The van der Waals surface area contributed by atoms with E-state index in [1.54, 1.807) is 24.5 Å². The third-order valence-electron chi connectivity index (χ3n) is 5.64. The number of benzene rings is 2. The first kappa shape index (κ1) is 23.8. The van der Waals surface area contributed by atoms with Crippen LogP contribution in [0.15, 0.2) is 58.5 Å². The van der Waals surface area contributed by atoms with Gasteiger partial charge in [0, 0.05) is 6.54 Å². The van der Waals surface area contributed by atoms with Crippen LogP contribution in [0.3, 0.4) is 0 Å². The highest BCUT2D eigenvalue weighted by molar-refractivity contribution is 5.77. The zero-order chi connectivity index (χ0) is 25.5. The number of aromatic nitrogens is 4. The van der Waals surface area contributed by atoms with E-state index in [2.05, 4.69) is 9.72 Å². The van der Waals surface area contributed by atoms with E-state index in [1.807, 2.05) is 11.5 Å². The molecule has 0 atom stereocenters. The van der Waals surface area contributed by atoms with E-state index in [-0.39, 0.29) is 16.8 Å². The number of aryl methyl sites for hydroxylation is 1. The van der Waals surface area contributed by atoms with E-state index < -0.39 is 41.4 Å². The Kier molecular flexibility index (Phi) is 5.97. The summed E-state index contributed by atoms with van der Waals surface area (Å²) in [6, 6.07) is 8.27. The molecule has 182 valence electrons. The fourth-order valence-electron chi connectivity index (χ4n) is 3.85. The molecule has 0 saturated carbocycles. The van der Waals surface area contributed by atoms with E-state index in [9.17, 15) is 27.6 Å². The largest absolute Gasteiger partial charge is 0.511 e. The molecule has 0 spiro atoms. The van der Waals surface area contributed by atoms with Crippen molar-refractivity contribution in [2.75, 3.05) is 0 Å². The molecule has 0 bridgehead atoms. The molecule has 2 aromatic carbocycles. The summed E-state index contributed by atoms with van der Waals surface area (Å²) >= 11 is 0. The Hall–Kier alpha value is -4.35. The molecular weight excluding hydrogens is 469 g/mol. The van der Waals surface area contributed by atoms with Gasteiger partial charge in [-0.2, -0.15) is 13.2 Å². The Balaban J connectivity index is 1.91. The molecule has 0 fully saturated rings. The van der Waals surface area contributed by atoms with Gasteiger partial charge in [-0.15, -0.1) is 0 Å². The van der Waals surface area contributed by atoms with E-state index >= 15 is 0 Å². The maximum Gasteiger partial charge on any atom is 0.511 e. The first-order chi connectivity index (χ1) is 16.5. The Morgan fingerprint density at radius 1 is 1.17 bits per heavy atom. The summed E-state index contributed by atoms with van der Waals surface area (Å²) in [5, 5.41) is 9.05. The van der Waals surface area contributed by atoms with Crippen molar-refractivity contribution in [3.63, 3.8) is 0 Å². The molecule has 0 saturated heterocycles. The first-order valence-corrected chi connectivity index (χ1v) is 10.4. The summed E-state index contributed by atoms with van der Waals surface area (Å²) in [5.41, 5.74) is -1.39. The summed E-state index contributed by atoms with van der Waals surface area (Å²) in [5.74, 6) is -0.680. The van der Waals surface area contributed by atoms with Gasteiger partial charge in [0.1, 0.15) is 0 Å². The topological polar surface area (TPSA) is 108 Å². The summed E-state index contributed by atoms with van der Waals surface area (Å²) in [7, 11) is 0. The number of hydrogen-bond donors (Lipinski definition) is 1. The van der Waals surface area contributed by atoms with Crippen LogP contribution in [0.4, 0.5) is 18.0 Å². The van der Waals surface area contributed by atoms with Gasteiger partial charge in [0.2, 0.25) is 5.75 Å². The van der Waals surface area contributed by atoms with Gasteiger partial charge in [0.15, 0.2) is 0 Å². The highest BCUT2D eigenvalue weighted by Gasteiger charge is 2.33. The number of imidazole rings is 1. The molecule has 0 amide bonds. The van der Waals surface area contributed by atoms with Gasteiger partial charge in [-0.3, -0.25) is 13.9 Å². The number of nitrogens with zero attached hydrogens (tertiary/aromatic N) is 4. The average molecular weight is 488 g/mol. The molecule has 2 aromatic heterocycles. The van der Waals surface area contributed by atoms with Crippen LogP contribution in [0.1, 0.15) is 23.6 Å². The smallest absolute Gasteiger partial charge is 0.449 e. The summed E-state index contributed by atoms with van der Waals surface area (Å²) in [6.07, 6.45) is -3.86. The number of carboxylic acid groups (broad SMARTS) is 1. The highest BCUT2D eigenvalue weighted by atomic mass is 19.4. The van der Waals surface area contributed by atoms with Crippen molar-refractivity contribution in [1.29, 1.82) is 0 Å². The molecule has 0 aliphatic carbocycles. The predicted octanol–water partition coefficient (Wildman–Crippen LogP) is 3.80. The second-order valence-corrected chi connectivity index (χ2v) is 7.70. The summed E-state index contributed by atoms with van der Waals surface area (Å²) < 4.78 is 48.1. The molecule has 35 heavy (non-hydrogen) atoms. The molecule has 4 aromatic rings. The number of fused-ring (bicyclic) bond motifs is 1. The molecule has 0 radical (unpaired) electrons. The minimum absolute atomic E-state index is 0.0650. The van der Waals surface area contributed by atoms with Crippen LogP contribution in [-0.4, -0.2) is 29.9 Å². The lowest BCUT2D eigenvalue weighted by atomic mass is 10.0. The Labute approximate surface area is 195 Å². The molecule has 0 aliphatic rings. The molecule has 4 rings (SSSR count). The van der Waals surface area contributed by atoms with Gasteiger partial charge in [-0.25, -0.2) is 14.6 Å². The molecule has 9 nitrogen and oxygen atoms in total. The zero-order valence-corrected chi connectivity index (χ0v) is 18.5. The predicted molar refractivity (Wildman–Crippen MR) is 119 cm³/mol. The van der Waals surface area contributed by atoms with E-state index in [4.69, 9.17) is 5.11 Å². The van der Waals surface area contributed by atoms with Crippen molar-refractivity contribution < 1.29 is 27.8 Å². The minimum atomic E-state index is -4.63. The SMILES string of the molecule is CCn1cnc2cc(-n3cc(OC(=O)O)c(=O)n(Cc4cccc(C(F)(F)F)c4C)c3=O)ccc21. The average Bonchev–Trinajstić information content (AvgIpc) is 3.20. The number of carbonyl (C=O) groups is 1. The molecule has 1 N–H and O–H groups in total. The lowest BCUT2D eigenvalue weighted by Gasteiger charge is -2.16. The van der Waals surface area contributed by atoms with Gasteiger partial charge < -0.3 is 14.4 Å². The fraction of sp³-hybridized carbons (Fsp3) is 0.217. The first-order valence-electron chi connectivity index (χ1n) is 10.4. The highest BCUT2D eigenvalue weighted by Crippen LogP contribution is 2.33. The van der Waals surface area contributed by atoms with Crippen molar-refractivity contribution in [3.05, 3.63) is 86.5 Å². The zero-order valence-electron chi connectivity index (χ0n) is 18.5. The number of rotatable bonds is 5. The van der Waals surface area contributed by atoms with Crippen LogP contribution in [0.25, 0.3) is 16.7 Å². The number of halogens is 3. The quantitative estimate of drug-likeness (QED) is 0.428. The third kappa shape index (κ3) is 4.42. The van der Waals surface area contributed by atoms with Crippen LogP contribution < -0.4 is 16.0 Å². The monoisotopic (exact) mass is 488 g/mol. The van der Waals surface area contributed by atoms with Crippen molar-refractivity contribution in [2.24, 2.45) is 0 Å². The van der Waals surface area contributed by atoms with Crippen molar-refractivity contribution in [1.82, 2.24) is 18.7 Å². The maximum atomic E-state index is 13.3. The Bertz CT molecular complexity index is 1570. The van der Waals surface area contributed by atoms with Crippen LogP contribution in [0.5, 0.6) is 5.75 Å². The molecule has 0 unspecified atom stereocenters. The van der Waals surface area contributed by atoms with Gasteiger partial charge in [0.05, 0.1) is 41.4 Å². The number of ether oxygens (including phenoxy) is 1. The molecule has 2 heterocycles. The fourth-order valence-corrected chi connectivity index (χ4v) is 3.85. The second kappa shape index (κ2) is 8.78. The second-order valence-electron chi connectivity index (χ2n) is 7.70. The Morgan fingerprint density at radius 2 is 1.91 bits per heavy atom. The third-order valence-corrected chi connectivity index (χ3v) is 5.64. The van der Waals surface area contributed by atoms with Crippen molar-refractivity contribution in [2.45, 2.75) is 33.1 Å². The molecular formula is C23H19F3N4O5. The van der Waals surface area contributed by atoms with Gasteiger partial charge in [-0.05, 0) is 49.2 Å². The number of alkyl halides is 3. The van der Waals surface area contributed by atoms with Crippen LogP contribution in [0, 0.1) is 6.92 Å². The summed E-state index contributed by atoms with van der Waals surface area (Å²) in [4.78, 5) is 41.6. The van der Waals surface area contributed by atoms with Gasteiger partial charge in [0.25, 0.3) is 5.56 Å². The van der Waals surface area contributed by atoms with E-state index in [0.29, 0.717) is 16.6 Å². The van der Waals surface area contributed by atoms with Gasteiger partial charge >= 0.3 is 18.0 Å². The van der Waals surface area contributed by atoms with E-state index in [1.165, 1.54) is 19.1 Å². The van der Waals surface area contributed by atoms with Crippen molar-refractivity contribution >= 4 is 17.2 Å². The summed E-state index contributed by atoms with van der Waals surface area (Å²) in [6.45, 7) is 3.29. The van der Waals surface area contributed by atoms with Crippen molar-refractivity contribution in [3.8, 4) is 11.4 Å². The van der Waals surface area contributed by atoms with Crippen LogP contribution in [0.2, 0.25) is 0 Å². The van der Waals surface area contributed by atoms with Crippen LogP contribution >= 0.6 is 0 Å². The van der Waals surface area contributed by atoms with E-state index in [0.717, 1.165) is 22.3 Å². The molecule has 0 aliphatic heterocycles. The Morgan fingerprint density at radius 3 is 2.57 bits per heavy atom. The minimum Gasteiger partial charge on any atom is -0.449 e. The van der Waals surface area contributed by atoms with Gasteiger partial charge in [-0.1, -0.05) is 12.1 Å². The normalized spacial score (nSPS) is 11.7. The standard InChI is InChI=1S/C23H19F3N4O5/c1-3-28-12-27-17-9-15(7-8-18(17)28)29-11-19(35-22(33)34)20(31)30(21(29)32)10-14-5-4-6-16(13(14)2)23(24,25)26/h4-9,11-12H,3,10H2,1-2H3,(H,33,34). The number of hydrogen-bond acceptors (Lipinski definition) is 5. The maximum absolute atomic E-state index is 13.3. The van der Waals surface area contributed by atoms with Crippen LogP contribution in [-0.2, 0) is 19.3 Å². The molecule has 12 heteroatoms.